The summed E-state index contributed by atoms with van der Waals surface area (Å²) >= 11 is 7.81. The van der Waals surface area contributed by atoms with Gasteiger partial charge in [-0.2, -0.15) is 0 Å². The third-order valence-corrected chi connectivity index (χ3v) is 3.40. The minimum atomic E-state index is -0.168. The number of alkyl halides is 1. The number of amides is 1. The number of rotatable bonds is 5. The van der Waals surface area contributed by atoms with Crippen LogP contribution in [0, 0.1) is 3.57 Å². The van der Waals surface area contributed by atoms with E-state index in [4.69, 9.17) is 11.6 Å². The summed E-state index contributed by atoms with van der Waals surface area (Å²) < 4.78 is 0.732. The number of hydrogen-bond acceptors (Lipinski definition) is 2. The largest absolute Gasteiger partial charge is 0.507 e. The molecule has 0 aliphatic heterocycles. The number of phenolic OH excluding ortho intramolecular Hbond substituents is 1. The highest BCUT2D eigenvalue weighted by Gasteiger charge is 2.07. The van der Waals surface area contributed by atoms with Gasteiger partial charge < -0.3 is 10.4 Å². The number of benzene rings is 1. The van der Waals surface area contributed by atoms with Crippen molar-refractivity contribution in [2.75, 3.05) is 6.54 Å². The molecule has 2 N–H and O–H groups in total. The van der Waals surface area contributed by atoms with E-state index in [0.29, 0.717) is 12.1 Å². The highest BCUT2D eigenvalue weighted by molar-refractivity contribution is 14.1. The van der Waals surface area contributed by atoms with Gasteiger partial charge in [-0.3, -0.25) is 4.79 Å². The lowest BCUT2D eigenvalue weighted by molar-refractivity contribution is 0.0952. The molecule has 0 spiro atoms. The summed E-state index contributed by atoms with van der Waals surface area (Å²) in [5.74, 6) is -0.0356. The molecule has 0 bridgehead atoms. The fourth-order valence-electron chi connectivity index (χ4n) is 1.34. The minimum absolute atomic E-state index is 0.132. The Bertz CT molecular complexity index is 396. The first-order valence-corrected chi connectivity index (χ1v) is 6.93. The molecule has 0 aliphatic rings. The second kappa shape index (κ2) is 7.06. The Labute approximate surface area is 120 Å². The van der Waals surface area contributed by atoms with Crippen molar-refractivity contribution < 1.29 is 9.90 Å². The summed E-state index contributed by atoms with van der Waals surface area (Å²) in [6.45, 7) is 2.53. The standard InChI is InChI=1S/C12H15ClINO2/c1-8(13)3-2-6-15-12(17)9-4-5-10(14)11(16)7-9/h4-5,7-8,16H,2-3,6H2,1H3,(H,15,17). The van der Waals surface area contributed by atoms with Crippen molar-refractivity contribution in [2.45, 2.75) is 25.1 Å². The smallest absolute Gasteiger partial charge is 0.251 e. The maximum atomic E-state index is 11.7. The van der Waals surface area contributed by atoms with Crippen molar-refractivity contribution in [3.8, 4) is 5.75 Å². The predicted molar refractivity (Wildman–Crippen MR) is 77.7 cm³/mol. The Morgan fingerprint density at radius 2 is 2.29 bits per heavy atom. The van der Waals surface area contributed by atoms with E-state index in [1.54, 1.807) is 12.1 Å². The molecule has 1 atom stereocenters. The molecule has 1 rings (SSSR count). The summed E-state index contributed by atoms with van der Waals surface area (Å²) in [6.07, 6.45) is 1.73. The van der Waals surface area contributed by atoms with E-state index in [2.05, 4.69) is 5.32 Å². The molecule has 0 fully saturated rings. The van der Waals surface area contributed by atoms with Crippen LogP contribution in [-0.2, 0) is 0 Å². The maximum absolute atomic E-state index is 11.7. The summed E-state index contributed by atoms with van der Waals surface area (Å²) in [5, 5.41) is 12.4. The zero-order chi connectivity index (χ0) is 12.8. The average molecular weight is 368 g/mol. The maximum Gasteiger partial charge on any atom is 0.251 e. The number of carbonyl (C=O) groups is 1. The molecular weight excluding hydrogens is 352 g/mol. The first-order valence-electron chi connectivity index (χ1n) is 5.41. The lowest BCUT2D eigenvalue weighted by Crippen LogP contribution is -2.24. The number of hydrogen-bond donors (Lipinski definition) is 2. The molecule has 0 aliphatic carbocycles. The Kier molecular flexibility index (Phi) is 6.05. The Morgan fingerprint density at radius 1 is 1.59 bits per heavy atom. The van der Waals surface area contributed by atoms with Gasteiger partial charge in [-0.1, -0.05) is 0 Å². The van der Waals surface area contributed by atoms with E-state index in [9.17, 15) is 9.90 Å². The number of phenols is 1. The van der Waals surface area contributed by atoms with Gasteiger partial charge in [-0.25, -0.2) is 0 Å². The van der Waals surface area contributed by atoms with Crippen LogP contribution in [0.5, 0.6) is 5.75 Å². The van der Waals surface area contributed by atoms with Crippen LogP contribution < -0.4 is 5.32 Å². The minimum Gasteiger partial charge on any atom is -0.507 e. The molecular formula is C12H15ClINO2. The van der Waals surface area contributed by atoms with Gasteiger partial charge in [0.05, 0.1) is 3.57 Å². The average Bonchev–Trinajstić information content (AvgIpc) is 2.27. The van der Waals surface area contributed by atoms with Gasteiger partial charge >= 0.3 is 0 Å². The molecule has 0 saturated carbocycles. The van der Waals surface area contributed by atoms with Gasteiger partial charge in [0.25, 0.3) is 5.91 Å². The normalized spacial score (nSPS) is 12.2. The van der Waals surface area contributed by atoms with Gasteiger partial charge in [0, 0.05) is 17.5 Å². The molecule has 0 saturated heterocycles. The first kappa shape index (κ1) is 14.6. The molecule has 3 nitrogen and oxygen atoms in total. The molecule has 1 aromatic carbocycles. The van der Waals surface area contributed by atoms with Crippen LogP contribution >= 0.6 is 34.2 Å². The molecule has 1 amide bonds. The van der Waals surface area contributed by atoms with Crippen LogP contribution in [0.15, 0.2) is 18.2 Å². The van der Waals surface area contributed by atoms with Crippen molar-refractivity contribution in [3.63, 3.8) is 0 Å². The van der Waals surface area contributed by atoms with Crippen LogP contribution in [0.1, 0.15) is 30.1 Å². The summed E-state index contributed by atoms with van der Waals surface area (Å²) in [6, 6.07) is 4.88. The second-order valence-electron chi connectivity index (χ2n) is 3.85. The third kappa shape index (κ3) is 5.12. The fraction of sp³-hybridized carbons (Fsp3) is 0.417. The van der Waals surface area contributed by atoms with Crippen LogP contribution in [0.25, 0.3) is 0 Å². The van der Waals surface area contributed by atoms with E-state index in [1.165, 1.54) is 6.07 Å². The highest BCUT2D eigenvalue weighted by Crippen LogP contribution is 2.20. The molecule has 0 radical (unpaired) electrons. The van der Waals surface area contributed by atoms with E-state index in [1.807, 2.05) is 29.5 Å². The van der Waals surface area contributed by atoms with Crippen LogP contribution in [0.3, 0.4) is 0 Å². The monoisotopic (exact) mass is 367 g/mol. The second-order valence-corrected chi connectivity index (χ2v) is 5.75. The number of nitrogens with one attached hydrogen (secondary N) is 1. The first-order chi connectivity index (χ1) is 8.00. The lowest BCUT2D eigenvalue weighted by Gasteiger charge is -2.07. The zero-order valence-corrected chi connectivity index (χ0v) is 12.5. The van der Waals surface area contributed by atoms with Crippen molar-refractivity contribution in [2.24, 2.45) is 0 Å². The predicted octanol–water partition coefficient (Wildman–Crippen LogP) is 3.13. The Morgan fingerprint density at radius 3 is 2.88 bits per heavy atom. The number of halogens is 2. The van der Waals surface area contributed by atoms with E-state index in [-0.39, 0.29) is 17.0 Å². The Balaban J connectivity index is 2.44. The van der Waals surface area contributed by atoms with Crippen LogP contribution in [0.2, 0.25) is 0 Å². The zero-order valence-electron chi connectivity index (χ0n) is 9.54. The van der Waals surface area contributed by atoms with Crippen molar-refractivity contribution in [1.29, 1.82) is 0 Å². The van der Waals surface area contributed by atoms with Gasteiger partial charge in [-0.05, 0) is 60.6 Å². The molecule has 94 valence electrons. The third-order valence-electron chi connectivity index (χ3n) is 2.27. The molecule has 5 heteroatoms. The summed E-state index contributed by atoms with van der Waals surface area (Å²) in [5.41, 5.74) is 0.474. The van der Waals surface area contributed by atoms with Gasteiger partial charge in [-0.15, -0.1) is 11.6 Å². The topological polar surface area (TPSA) is 49.3 Å². The fourth-order valence-corrected chi connectivity index (χ4v) is 1.83. The van der Waals surface area contributed by atoms with Crippen molar-refractivity contribution in [1.82, 2.24) is 5.32 Å². The highest BCUT2D eigenvalue weighted by atomic mass is 127. The quantitative estimate of drug-likeness (QED) is 0.477. The van der Waals surface area contributed by atoms with Crippen molar-refractivity contribution >= 4 is 40.1 Å². The molecule has 1 unspecified atom stereocenters. The van der Waals surface area contributed by atoms with Crippen LogP contribution in [-0.4, -0.2) is 22.9 Å². The van der Waals surface area contributed by atoms with E-state index < -0.39 is 0 Å². The van der Waals surface area contributed by atoms with Gasteiger partial charge in [0.15, 0.2) is 0 Å². The van der Waals surface area contributed by atoms with Gasteiger partial charge in [0.2, 0.25) is 0 Å². The molecule has 0 heterocycles. The summed E-state index contributed by atoms with van der Waals surface area (Å²) in [7, 11) is 0. The Hall–Kier alpha value is -0.490. The SMILES string of the molecule is CC(Cl)CCCNC(=O)c1ccc(I)c(O)c1. The molecule has 17 heavy (non-hydrogen) atoms. The summed E-state index contributed by atoms with van der Waals surface area (Å²) in [4.78, 5) is 11.7. The molecule has 1 aromatic rings. The van der Waals surface area contributed by atoms with Crippen molar-refractivity contribution in [3.05, 3.63) is 27.3 Å². The van der Waals surface area contributed by atoms with E-state index >= 15 is 0 Å². The molecule has 0 aromatic heterocycles. The van der Waals surface area contributed by atoms with Crippen LogP contribution in [0.4, 0.5) is 0 Å². The van der Waals surface area contributed by atoms with E-state index in [0.717, 1.165) is 16.4 Å². The lowest BCUT2D eigenvalue weighted by atomic mass is 10.2. The number of carbonyl (C=O) groups excluding carboxylic acids is 1. The van der Waals surface area contributed by atoms with Gasteiger partial charge in [0.1, 0.15) is 5.75 Å². The number of aromatic hydroxyl groups is 1.